The number of amides is 2. The van der Waals surface area contributed by atoms with Gasteiger partial charge < -0.3 is 21.0 Å². The van der Waals surface area contributed by atoms with E-state index < -0.39 is 43.7 Å². The number of nitrogens with zero attached hydrogens (tertiary/aromatic N) is 5. The van der Waals surface area contributed by atoms with Gasteiger partial charge in [-0.05, 0) is 94.4 Å². The third-order valence-electron chi connectivity index (χ3n) is 5.83. The SMILES string of the molecule is BrCc1ccc(I)cc1.CCOC(=O)N(Cc1ccc(I)cc1)c1cc(Cl)nc(Cl)c1[N+](=O)[O-].CCOC(=O)Nc1cc(Cl)nc(Cl)c1[N+](=O)[O-].O=CO[O-].[H-].[K+].[K+]. The number of nitro groups is 2. The molecule has 2 amide bonds. The van der Waals surface area contributed by atoms with Gasteiger partial charge in [0.1, 0.15) is 21.7 Å². The van der Waals surface area contributed by atoms with Crippen molar-refractivity contribution < 1.29 is 148 Å². The Morgan fingerprint density at radius 1 is 0.842 bits per heavy atom. The Morgan fingerprint density at radius 3 is 1.70 bits per heavy atom. The molecule has 0 atom stereocenters. The van der Waals surface area contributed by atoms with Gasteiger partial charge in [0, 0.05) is 24.6 Å². The van der Waals surface area contributed by atoms with Gasteiger partial charge in [0.05, 0.1) is 29.6 Å². The van der Waals surface area contributed by atoms with Crippen LogP contribution in [0.5, 0.6) is 0 Å². The van der Waals surface area contributed by atoms with E-state index >= 15 is 0 Å². The summed E-state index contributed by atoms with van der Waals surface area (Å²) in [5.74, 6) is 0. The van der Waals surface area contributed by atoms with Crippen molar-refractivity contribution >= 4 is 149 Å². The number of alkyl halides is 1. The summed E-state index contributed by atoms with van der Waals surface area (Å²) in [7, 11) is 0. The monoisotopic (exact) mass is 1210 g/mol. The second-order valence-corrected chi connectivity index (χ2v) is 14.0. The van der Waals surface area contributed by atoms with Crippen LogP contribution in [-0.2, 0) is 31.0 Å². The van der Waals surface area contributed by atoms with Crippen LogP contribution >= 0.6 is 108 Å². The van der Waals surface area contributed by atoms with Gasteiger partial charge in [0.25, 0.3) is 6.47 Å². The summed E-state index contributed by atoms with van der Waals surface area (Å²) in [6.45, 7) is 3.35. The molecule has 0 bridgehead atoms. The summed E-state index contributed by atoms with van der Waals surface area (Å²) in [6, 6.07) is 18.1. The minimum Gasteiger partial charge on any atom is -1.00 e. The number of pyridine rings is 2. The molecule has 2 aromatic heterocycles. The molecule has 2 heterocycles. The third kappa shape index (κ3) is 22.5. The van der Waals surface area contributed by atoms with E-state index in [0.29, 0.717) is 0 Å². The molecular weight excluding hydrogens is 1190 g/mol. The van der Waals surface area contributed by atoms with Crippen LogP contribution in [0.3, 0.4) is 0 Å². The first-order valence-corrected chi connectivity index (χ1v) is 19.5. The molecule has 0 fully saturated rings. The van der Waals surface area contributed by atoms with Crippen molar-refractivity contribution in [2.45, 2.75) is 25.7 Å². The summed E-state index contributed by atoms with van der Waals surface area (Å²) in [6.07, 6.45) is -1.59. The van der Waals surface area contributed by atoms with E-state index in [2.05, 4.69) is 110 Å². The molecule has 57 heavy (non-hydrogen) atoms. The molecular formula is C31H27BrCl4I2K2N6O11. The normalized spacial score (nSPS) is 9.37. The summed E-state index contributed by atoms with van der Waals surface area (Å²) < 4.78 is 11.9. The average molecular weight is 1210 g/mol. The van der Waals surface area contributed by atoms with E-state index in [9.17, 15) is 29.8 Å². The first kappa shape index (κ1) is 59.0. The predicted octanol–water partition coefficient (Wildman–Crippen LogP) is 3.67. The Kier molecular flexibility index (Phi) is 33.7. The topological polar surface area (TPSA) is 229 Å². The van der Waals surface area contributed by atoms with Crippen LogP contribution in [0.15, 0.2) is 60.7 Å². The zero-order valence-electron chi connectivity index (χ0n) is 31.1. The molecule has 1 N–H and O–H groups in total. The molecule has 17 nitrogen and oxygen atoms in total. The number of aromatic nitrogens is 2. The van der Waals surface area contributed by atoms with Gasteiger partial charge in [-0.2, -0.15) is 0 Å². The summed E-state index contributed by atoms with van der Waals surface area (Å²) in [5, 5.41) is 32.7. The number of nitrogens with one attached hydrogen (secondary N) is 1. The van der Waals surface area contributed by atoms with E-state index in [-0.39, 0.29) is 152 Å². The van der Waals surface area contributed by atoms with Crippen LogP contribution in [0, 0.1) is 27.4 Å². The number of hydrogen-bond acceptors (Lipinski definition) is 13. The van der Waals surface area contributed by atoms with Crippen molar-refractivity contribution in [1.29, 1.82) is 0 Å². The van der Waals surface area contributed by atoms with Crippen LogP contribution in [0.4, 0.5) is 32.3 Å². The zero-order chi connectivity index (χ0) is 41.7. The van der Waals surface area contributed by atoms with Gasteiger partial charge in [0.2, 0.25) is 10.3 Å². The summed E-state index contributed by atoms with van der Waals surface area (Å²) >= 11 is 30.7. The molecule has 26 heteroatoms. The predicted molar refractivity (Wildman–Crippen MR) is 225 cm³/mol. The summed E-state index contributed by atoms with van der Waals surface area (Å²) in [5.41, 5.74) is 0.793. The Morgan fingerprint density at radius 2 is 1.28 bits per heavy atom. The Hall–Kier alpha value is -0.117. The molecule has 0 aliphatic heterocycles. The maximum absolute atomic E-state index is 12.4. The molecule has 0 spiro atoms. The van der Waals surface area contributed by atoms with E-state index in [1.807, 2.05) is 24.3 Å². The minimum atomic E-state index is -0.839. The van der Waals surface area contributed by atoms with Crippen molar-refractivity contribution in [3.8, 4) is 0 Å². The van der Waals surface area contributed by atoms with Gasteiger partial charge in [-0.1, -0.05) is 86.6 Å². The number of carbonyl (C=O) groups is 3. The standard InChI is InChI=1S/C15H12Cl2IN3O4.C8H7Cl2N3O4.C7H6BrI.CH2O3.2K.H/c1-2-25-15(22)20(8-9-3-5-10(18)6-4-9)11-7-12(16)19-14(17)13(11)21(23)24;1-2-17-8(14)11-4-3-5(9)12-7(10)6(4)13(15)16;8-5-6-1-3-7(9)4-2-6;2-1-4-3;;;/h3-7H,2,8H2,1H3;3H,2H2,1H3,(H,11,12,14);1-4H,5H2;1,3H;;;/q;;;;2*+1;-1/p-1. The Balaban J connectivity index is -0.000000793. The number of halogens is 7. The van der Waals surface area contributed by atoms with Gasteiger partial charge >= 0.3 is 126 Å². The maximum Gasteiger partial charge on any atom is 1.00 e. The largest absolute Gasteiger partial charge is 1.00 e. The van der Waals surface area contributed by atoms with E-state index in [1.165, 1.54) is 15.2 Å². The number of benzene rings is 2. The molecule has 0 saturated carbocycles. The fraction of sp³-hybridized carbons (Fsp3) is 0.194. The zero-order valence-corrected chi connectivity index (χ0v) is 45.2. The number of rotatable bonds is 10. The number of carbonyl (C=O) groups excluding carboxylic acids is 3. The third-order valence-corrected chi connectivity index (χ3v) is 8.83. The smallest absolute Gasteiger partial charge is 1.00 e. The summed E-state index contributed by atoms with van der Waals surface area (Å²) in [4.78, 5) is 63.7. The second kappa shape index (κ2) is 32.6. The van der Waals surface area contributed by atoms with E-state index in [1.54, 1.807) is 13.8 Å². The van der Waals surface area contributed by atoms with Crippen molar-refractivity contribution in [1.82, 2.24) is 9.97 Å². The van der Waals surface area contributed by atoms with Crippen LogP contribution < -0.4 is 118 Å². The molecule has 0 saturated heterocycles. The molecule has 0 aliphatic rings. The molecule has 2 aromatic carbocycles. The number of ether oxygens (including phenoxy) is 2. The van der Waals surface area contributed by atoms with Crippen molar-refractivity contribution in [2.24, 2.45) is 0 Å². The van der Waals surface area contributed by atoms with Crippen LogP contribution in [0.1, 0.15) is 26.4 Å². The molecule has 0 radical (unpaired) electrons. The molecule has 4 aromatic rings. The van der Waals surface area contributed by atoms with Gasteiger partial charge in [-0.25, -0.2) is 19.6 Å². The number of hydrogen-bond donors (Lipinski definition) is 1. The van der Waals surface area contributed by atoms with Crippen molar-refractivity contribution in [3.63, 3.8) is 0 Å². The average Bonchev–Trinajstić information content (AvgIpc) is 3.11. The van der Waals surface area contributed by atoms with Crippen LogP contribution in [0.2, 0.25) is 20.6 Å². The fourth-order valence-electron chi connectivity index (χ4n) is 3.66. The van der Waals surface area contributed by atoms with E-state index in [0.717, 1.165) is 25.4 Å². The fourth-order valence-corrected chi connectivity index (χ4v) is 5.74. The second-order valence-electron chi connectivity index (χ2n) is 9.46. The van der Waals surface area contributed by atoms with Gasteiger partial charge in [-0.15, -0.1) is 0 Å². The number of anilines is 2. The van der Waals surface area contributed by atoms with Gasteiger partial charge in [-0.3, -0.25) is 35.2 Å². The maximum atomic E-state index is 12.4. The molecule has 0 unspecified atom stereocenters. The van der Waals surface area contributed by atoms with Crippen LogP contribution in [-0.4, -0.2) is 51.7 Å². The minimum absolute atomic E-state index is 0. The molecule has 0 aliphatic carbocycles. The first-order chi connectivity index (χ1) is 26.0. The quantitative estimate of drug-likeness (QED) is 0.0350. The first-order valence-electron chi connectivity index (χ1n) is 14.7. The van der Waals surface area contributed by atoms with Gasteiger partial charge in [0.15, 0.2) is 0 Å². The van der Waals surface area contributed by atoms with Crippen LogP contribution in [0.25, 0.3) is 0 Å². The Labute approximate surface area is 467 Å². The van der Waals surface area contributed by atoms with Crippen molar-refractivity contribution in [2.75, 3.05) is 23.4 Å². The molecule has 298 valence electrons. The van der Waals surface area contributed by atoms with Crippen molar-refractivity contribution in [3.05, 3.63) is 120 Å². The Bertz CT molecular complexity index is 1940. The molecule has 4 rings (SSSR count). The van der Waals surface area contributed by atoms with E-state index in [4.69, 9.17) is 61.2 Å².